The Labute approximate surface area is 220 Å². The van der Waals surface area contributed by atoms with Gasteiger partial charge in [-0.05, 0) is 74.1 Å². The number of nitrogens with zero attached hydrogens (tertiary/aromatic N) is 3. The molecule has 1 amide bonds. The van der Waals surface area contributed by atoms with Crippen LogP contribution >= 0.6 is 23.8 Å². The van der Waals surface area contributed by atoms with Crippen molar-refractivity contribution in [1.29, 1.82) is 0 Å². The molecule has 6 nitrogen and oxygen atoms in total. The van der Waals surface area contributed by atoms with Crippen LogP contribution in [0.2, 0.25) is 5.02 Å². The Hall–Kier alpha value is -3.68. The number of anilines is 1. The summed E-state index contributed by atoms with van der Waals surface area (Å²) in [6.45, 7) is 4.23. The van der Waals surface area contributed by atoms with E-state index in [4.69, 9.17) is 23.8 Å². The molecule has 1 aliphatic rings. The Kier molecular flexibility index (Phi) is 6.76. The highest BCUT2D eigenvalue weighted by Crippen LogP contribution is 2.41. The van der Waals surface area contributed by atoms with E-state index < -0.39 is 0 Å². The maximum absolute atomic E-state index is 13.1. The van der Waals surface area contributed by atoms with E-state index in [1.807, 2.05) is 77.7 Å². The number of carbonyl (C=O) groups excluding carboxylic acids is 1. The van der Waals surface area contributed by atoms with Gasteiger partial charge in [-0.25, -0.2) is 0 Å². The van der Waals surface area contributed by atoms with Gasteiger partial charge in [-0.1, -0.05) is 48.0 Å². The molecule has 5 rings (SSSR count). The van der Waals surface area contributed by atoms with Crippen LogP contribution in [-0.2, 0) is 4.79 Å². The summed E-state index contributed by atoms with van der Waals surface area (Å²) >= 11 is 12.3. The molecule has 0 aliphatic carbocycles. The molecule has 36 heavy (non-hydrogen) atoms. The largest absolute Gasteiger partial charge is 0.352 e. The van der Waals surface area contributed by atoms with Crippen LogP contribution in [-0.4, -0.2) is 32.0 Å². The molecule has 0 bridgehead atoms. The number of benzene rings is 2. The first-order valence-corrected chi connectivity index (χ1v) is 12.5. The topological polar surface area (TPSA) is 62.2 Å². The van der Waals surface area contributed by atoms with Gasteiger partial charge in [0.15, 0.2) is 5.11 Å². The molecule has 0 radical (unpaired) electrons. The van der Waals surface area contributed by atoms with E-state index >= 15 is 0 Å². The van der Waals surface area contributed by atoms with Crippen LogP contribution in [0.4, 0.5) is 5.69 Å². The Balaban J connectivity index is 1.55. The predicted octanol–water partition coefficient (Wildman–Crippen LogP) is 5.75. The van der Waals surface area contributed by atoms with Crippen molar-refractivity contribution in [3.8, 4) is 5.69 Å². The fourth-order valence-corrected chi connectivity index (χ4v) is 5.41. The van der Waals surface area contributed by atoms with Gasteiger partial charge in [-0.2, -0.15) is 0 Å². The van der Waals surface area contributed by atoms with Crippen molar-refractivity contribution < 1.29 is 4.79 Å². The summed E-state index contributed by atoms with van der Waals surface area (Å²) < 4.78 is 2.15. The number of para-hydroxylation sites is 2. The molecule has 0 spiro atoms. The van der Waals surface area contributed by atoms with E-state index in [9.17, 15) is 4.79 Å². The lowest BCUT2D eigenvalue weighted by Crippen LogP contribution is -2.37. The van der Waals surface area contributed by atoms with Crippen LogP contribution in [0.15, 0.2) is 85.1 Å². The minimum Gasteiger partial charge on any atom is -0.352 e. The summed E-state index contributed by atoms with van der Waals surface area (Å²) in [5, 5.41) is 7.59. The summed E-state index contributed by atoms with van der Waals surface area (Å²) in [6, 6.07) is 24.7. The second kappa shape index (κ2) is 10.1. The molecule has 1 fully saturated rings. The molecular weight excluding hydrogens is 490 g/mol. The third kappa shape index (κ3) is 4.59. The number of hydrogen-bond acceptors (Lipinski definition) is 3. The van der Waals surface area contributed by atoms with E-state index in [1.165, 1.54) is 0 Å². The number of nitrogens with one attached hydrogen (secondary N) is 2. The second-order valence-corrected chi connectivity index (χ2v) is 9.58. The number of carbonyl (C=O) groups is 1. The molecule has 1 aliphatic heterocycles. The fourth-order valence-electron chi connectivity index (χ4n) is 4.88. The molecule has 1 saturated heterocycles. The Morgan fingerprint density at radius 2 is 1.78 bits per heavy atom. The molecule has 2 aromatic heterocycles. The second-order valence-electron chi connectivity index (χ2n) is 8.78. The van der Waals surface area contributed by atoms with Crippen LogP contribution in [0.3, 0.4) is 0 Å². The van der Waals surface area contributed by atoms with E-state index in [0.29, 0.717) is 10.1 Å². The van der Waals surface area contributed by atoms with Gasteiger partial charge in [0.2, 0.25) is 5.91 Å². The Bertz CT molecular complexity index is 1410. The zero-order chi connectivity index (χ0) is 25.2. The summed E-state index contributed by atoms with van der Waals surface area (Å²) in [7, 11) is 0. The number of aromatic nitrogens is 2. The highest BCUT2D eigenvalue weighted by Gasteiger charge is 2.42. The maximum atomic E-state index is 13.1. The van der Waals surface area contributed by atoms with Crippen molar-refractivity contribution in [2.45, 2.75) is 25.9 Å². The number of amides is 1. The molecule has 2 N–H and O–H groups in total. The van der Waals surface area contributed by atoms with Crippen LogP contribution in [0.5, 0.6) is 0 Å². The van der Waals surface area contributed by atoms with Gasteiger partial charge in [0.25, 0.3) is 0 Å². The summed E-state index contributed by atoms with van der Waals surface area (Å²) in [5.41, 5.74) is 5.65. The lowest BCUT2D eigenvalue weighted by Gasteiger charge is -2.27. The molecule has 0 unspecified atom stereocenters. The van der Waals surface area contributed by atoms with Crippen LogP contribution in [0.25, 0.3) is 5.69 Å². The maximum Gasteiger partial charge on any atom is 0.244 e. The van der Waals surface area contributed by atoms with Crippen LogP contribution in [0, 0.1) is 13.8 Å². The molecule has 0 saturated carbocycles. The third-order valence-electron chi connectivity index (χ3n) is 6.45. The highest BCUT2D eigenvalue weighted by atomic mass is 35.5. The lowest BCUT2D eigenvalue weighted by molar-refractivity contribution is -0.116. The smallest absolute Gasteiger partial charge is 0.244 e. The molecule has 182 valence electrons. The molecular formula is C28H26ClN5OS. The van der Waals surface area contributed by atoms with E-state index in [2.05, 4.69) is 40.1 Å². The number of pyridine rings is 1. The zero-order valence-corrected chi connectivity index (χ0v) is 21.6. The lowest BCUT2D eigenvalue weighted by atomic mass is 9.96. The number of halogens is 1. The van der Waals surface area contributed by atoms with Crippen molar-refractivity contribution >= 4 is 40.5 Å². The fraction of sp³-hybridized carbons (Fsp3) is 0.179. The highest BCUT2D eigenvalue weighted by molar-refractivity contribution is 7.80. The zero-order valence-electron chi connectivity index (χ0n) is 20.0. The molecule has 4 aromatic rings. The molecule has 3 heterocycles. The minimum atomic E-state index is -0.239. The number of hydrogen-bond donors (Lipinski definition) is 2. The number of aryl methyl sites for hydroxylation is 1. The van der Waals surface area contributed by atoms with E-state index in [0.717, 1.165) is 34.0 Å². The van der Waals surface area contributed by atoms with Crippen LogP contribution < -0.4 is 10.6 Å². The molecule has 2 atom stereocenters. The quantitative estimate of drug-likeness (QED) is 0.320. The van der Waals surface area contributed by atoms with Gasteiger partial charge in [0.1, 0.15) is 6.54 Å². The van der Waals surface area contributed by atoms with Crippen molar-refractivity contribution in [2.75, 3.05) is 11.9 Å². The van der Waals surface area contributed by atoms with Gasteiger partial charge in [0.05, 0.1) is 28.5 Å². The first kappa shape index (κ1) is 24.0. The van der Waals surface area contributed by atoms with Gasteiger partial charge < -0.3 is 20.1 Å². The molecule has 2 aromatic carbocycles. The van der Waals surface area contributed by atoms with Crippen molar-refractivity contribution in [1.82, 2.24) is 19.8 Å². The minimum absolute atomic E-state index is 0.102. The van der Waals surface area contributed by atoms with E-state index in [1.54, 1.807) is 6.20 Å². The first-order chi connectivity index (χ1) is 17.4. The van der Waals surface area contributed by atoms with Gasteiger partial charge >= 0.3 is 0 Å². The monoisotopic (exact) mass is 515 g/mol. The Morgan fingerprint density at radius 1 is 1.06 bits per heavy atom. The Morgan fingerprint density at radius 3 is 2.50 bits per heavy atom. The van der Waals surface area contributed by atoms with Crippen molar-refractivity contribution in [2.24, 2.45) is 0 Å². The number of rotatable bonds is 6. The van der Waals surface area contributed by atoms with Crippen LogP contribution in [0.1, 0.15) is 34.7 Å². The summed E-state index contributed by atoms with van der Waals surface area (Å²) in [4.78, 5) is 19.6. The van der Waals surface area contributed by atoms with Crippen molar-refractivity contribution in [3.63, 3.8) is 0 Å². The normalized spacial score (nSPS) is 17.2. The number of thiocarbonyl (C=S) groups is 1. The van der Waals surface area contributed by atoms with Gasteiger partial charge in [-0.15, -0.1) is 0 Å². The van der Waals surface area contributed by atoms with Gasteiger partial charge in [0, 0.05) is 23.3 Å². The van der Waals surface area contributed by atoms with E-state index in [-0.39, 0.29) is 24.5 Å². The summed E-state index contributed by atoms with van der Waals surface area (Å²) in [6.07, 6.45) is 1.77. The predicted molar refractivity (Wildman–Crippen MR) is 147 cm³/mol. The first-order valence-electron chi connectivity index (χ1n) is 11.7. The van der Waals surface area contributed by atoms with Gasteiger partial charge in [-0.3, -0.25) is 9.78 Å². The third-order valence-corrected chi connectivity index (χ3v) is 7.12. The SMILES string of the molecule is Cc1cc([C@H]2[C@@H](c3ccccn3)NC(=S)N2CC(=O)Nc2ccccc2)c(C)n1-c1ccccc1Cl. The van der Waals surface area contributed by atoms with Crippen molar-refractivity contribution in [3.05, 3.63) is 113 Å². The average Bonchev–Trinajstić information content (AvgIpc) is 3.35. The molecule has 8 heteroatoms. The average molecular weight is 516 g/mol. The standard InChI is InChI=1S/C28H26ClN5OS/c1-18-16-21(19(2)34(18)24-14-7-6-12-22(24)29)27-26(23-13-8-9-15-30-23)32-28(36)33(27)17-25(35)31-20-10-4-3-5-11-20/h3-16,26-27H,17H2,1-2H3,(H,31,35)(H,32,36)/t26-,27+/m1/s1. The summed E-state index contributed by atoms with van der Waals surface area (Å²) in [5.74, 6) is -0.142.